The lowest BCUT2D eigenvalue weighted by atomic mass is 10.1. The third-order valence-corrected chi connectivity index (χ3v) is 4.42. The first-order valence-corrected chi connectivity index (χ1v) is 8.56. The summed E-state index contributed by atoms with van der Waals surface area (Å²) >= 11 is 0. The minimum absolute atomic E-state index is 0.607. The fourth-order valence-corrected chi connectivity index (χ4v) is 3.06. The monoisotopic (exact) mass is 290 g/mol. The molecule has 1 aliphatic heterocycles. The number of nitrogens with zero attached hydrogens (tertiary/aromatic N) is 3. The van der Waals surface area contributed by atoms with E-state index < -0.39 is 0 Å². The first-order valence-electron chi connectivity index (χ1n) is 8.56. The number of hydrogen-bond donors (Lipinski definition) is 1. The molecule has 0 saturated carbocycles. The molecule has 2 heterocycles. The first kappa shape index (κ1) is 16.2. The Kier molecular flexibility index (Phi) is 6.43. The smallest absolute Gasteiger partial charge is 0.225 e. The lowest BCUT2D eigenvalue weighted by Gasteiger charge is -2.29. The Hall–Kier alpha value is -1.16. The van der Waals surface area contributed by atoms with Gasteiger partial charge in [-0.25, -0.2) is 9.97 Å². The number of aromatic nitrogens is 2. The van der Waals surface area contributed by atoms with E-state index in [0.29, 0.717) is 6.04 Å². The van der Waals surface area contributed by atoms with Crippen LogP contribution in [0.1, 0.15) is 63.6 Å². The van der Waals surface area contributed by atoms with Crippen LogP contribution >= 0.6 is 0 Å². The minimum atomic E-state index is 0.607. The largest absolute Gasteiger partial charge is 0.338 e. The van der Waals surface area contributed by atoms with E-state index in [9.17, 15) is 0 Å². The molecule has 0 radical (unpaired) electrons. The average Bonchev–Trinajstić information content (AvgIpc) is 2.74. The van der Waals surface area contributed by atoms with Crippen LogP contribution in [0.2, 0.25) is 0 Å². The second-order valence-corrected chi connectivity index (χ2v) is 6.06. The molecule has 0 aromatic carbocycles. The van der Waals surface area contributed by atoms with Crippen molar-refractivity contribution in [1.29, 1.82) is 0 Å². The molecule has 1 saturated heterocycles. The van der Waals surface area contributed by atoms with Crippen molar-refractivity contribution in [2.45, 2.75) is 71.9 Å². The van der Waals surface area contributed by atoms with Crippen LogP contribution in [0.25, 0.3) is 0 Å². The van der Waals surface area contributed by atoms with Crippen LogP contribution < -0.4 is 10.2 Å². The van der Waals surface area contributed by atoms with Gasteiger partial charge in [-0.1, -0.05) is 26.7 Å². The topological polar surface area (TPSA) is 41.1 Å². The number of aryl methyl sites for hydroxylation is 1. The van der Waals surface area contributed by atoms with Gasteiger partial charge in [-0.05, 0) is 39.2 Å². The molecule has 1 aliphatic rings. The third-order valence-electron chi connectivity index (χ3n) is 4.42. The van der Waals surface area contributed by atoms with Crippen molar-refractivity contribution in [2.75, 3.05) is 18.0 Å². The van der Waals surface area contributed by atoms with Crippen molar-refractivity contribution < 1.29 is 0 Å². The van der Waals surface area contributed by atoms with Gasteiger partial charge >= 0.3 is 0 Å². The SMILES string of the molecule is CCCNCc1cnc(N2CCCCCC2CC)nc1C. The molecule has 118 valence electrons. The van der Waals surface area contributed by atoms with E-state index in [4.69, 9.17) is 4.98 Å². The van der Waals surface area contributed by atoms with Gasteiger partial charge in [-0.15, -0.1) is 0 Å². The Morgan fingerprint density at radius 2 is 2.14 bits per heavy atom. The summed E-state index contributed by atoms with van der Waals surface area (Å²) < 4.78 is 0. The highest BCUT2D eigenvalue weighted by Gasteiger charge is 2.22. The van der Waals surface area contributed by atoms with E-state index in [1.165, 1.54) is 37.7 Å². The van der Waals surface area contributed by atoms with Gasteiger partial charge < -0.3 is 10.2 Å². The van der Waals surface area contributed by atoms with Gasteiger partial charge in [0.2, 0.25) is 5.95 Å². The van der Waals surface area contributed by atoms with Crippen LogP contribution in [0.3, 0.4) is 0 Å². The van der Waals surface area contributed by atoms with E-state index >= 15 is 0 Å². The summed E-state index contributed by atoms with van der Waals surface area (Å²) in [5, 5.41) is 3.43. The second-order valence-electron chi connectivity index (χ2n) is 6.06. The van der Waals surface area contributed by atoms with Gasteiger partial charge in [0, 0.05) is 36.6 Å². The fourth-order valence-electron chi connectivity index (χ4n) is 3.06. The summed E-state index contributed by atoms with van der Waals surface area (Å²) in [5.41, 5.74) is 2.33. The van der Waals surface area contributed by atoms with Crippen molar-refractivity contribution in [3.05, 3.63) is 17.5 Å². The molecule has 4 nitrogen and oxygen atoms in total. The maximum Gasteiger partial charge on any atom is 0.225 e. The molecule has 1 fully saturated rings. The molecule has 0 aliphatic carbocycles. The summed E-state index contributed by atoms with van der Waals surface area (Å²) in [6, 6.07) is 0.607. The summed E-state index contributed by atoms with van der Waals surface area (Å²) in [6.07, 6.45) is 9.57. The van der Waals surface area contributed by atoms with Crippen LogP contribution in [-0.2, 0) is 6.54 Å². The molecule has 1 aromatic heterocycles. The number of hydrogen-bond acceptors (Lipinski definition) is 4. The highest BCUT2D eigenvalue weighted by molar-refractivity contribution is 5.34. The molecule has 0 spiro atoms. The molecule has 0 bridgehead atoms. The van der Waals surface area contributed by atoms with Gasteiger partial charge in [-0.3, -0.25) is 0 Å². The van der Waals surface area contributed by atoms with Crippen LogP contribution in [-0.4, -0.2) is 29.1 Å². The molecule has 1 unspecified atom stereocenters. The standard InChI is InChI=1S/C17H30N4/c1-4-10-18-12-15-13-19-17(20-14(15)3)21-11-8-6-7-9-16(21)5-2/h13,16,18H,4-12H2,1-3H3. The second kappa shape index (κ2) is 8.32. The molecular formula is C17H30N4. The predicted molar refractivity (Wildman–Crippen MR) is 88.7 cm³/mol. The first-order chi connectivity index (χ1) is 10.3. The molecular weight excluding hydrogens is 260 g/mol. The fraction of sp³-hybridized carbons (Fsp3) is 0.765. The number of nitrogens with one attached hydrogen (secondary N) is 1. The molecule has 1 N–H and O–H groups in total. The van der Waals surface area contributed by atoms with Crippen LogP contribution in [0.15, 0.2) is 6.20 Å². The Balaban J connectivity index is 2.10. The van der Waals surface area contributed by atoms with Gasteiger partial charge in [0.25, 0.3) is 0 Å². The lowest BCUT2D eigenvalue weighted by molar-refractivity contribution is 0.546. The maximum absolute atomic E-state index is 4.79. The predicted octanol–water partition coefficient (Wildman–Crippen LogP) is 3.44. The highest BCUT2D eigenvalue weighted by Crippen LogP contribution is 2.23. The summed E-state index contributed by atoms with van der Waals surface area (Å²) in [6.45, 7) is 9.59. The Labute approximate surface area is 129 Å². The molecule has 4 heteroatoms. The van der Waals surface area contributed by atoms with Gasteiger partial charge in [-0.2, -0.15) is 0 Å². The van der Waals surface area contributed by atoms with Gasteiger partial charge in [0.15, 0.2) is 0 Å². The normalized spacial score (nSPS) is 19.6. The van der Waals surface area contributed by atoms with Crippen molar-refractivity contribution in [2.24, 2.45) is 0 Å². The molecule has 0 amide bonds. The number of anilines is 1. The maximum atomic E-state index is 4.79. The van der Waals surface area contributed by atoms with Crippen LogP contribution in [0, 0.1) is 6.92 Å². The van der Waals surface area contributed by atoms with E-state index in [0.717, 1.165) is 37.7 Å². The van der Waals surface area contributed by atoms with E-state index in [-0.39, 0.29) is 0 Å². The zero-order valence-electron chi connectivity index (χ0n) is 13.9. The zero-order valence-corrected chi connectivity index (χ0v) is 13.9. The van der Waals surface area contributed by atoms with Crippen molar-refractivity contribution >= 4 is 5.95 Å². The van der Waals surface area contributed by atoms with Gasteiger partial charge in [0.1, 0.15) is 0 Å². The van der Waals surface area contributed by atoms with Crippen molar-refractivity contribution in [3.8, 4) is 0 Å². The Morgan fingerprint density at radius 1 is 1.29 bits per heavy atom. The number of rotatable bonds is 6. The van der Waals surface area contributed by atoms with Gasteiger partial charge in [0.05, 0.1) is 0 Å². The highest BCUT2D eigenvalue weighted by atomic mass is 15.3. The van der Waals surface area contributed by atoms with E-state index in [2.05, 4.69) is 36.0 Å². The van der Waals surface area contributed by atoms with Crippen molar-refractivity contribution in [1.82, 2.24) is 15.3 Å². The summed E-state index contributed by atoms with van der Waals surface area (Å²) in [7, 11) is 0. The Bertz CT molecular complexity index is 433. The van der Waals surface area contributed by atoms with E-state index in [1.807, 2.05) is 6.20 Å². The average molecular weight is 290 g/mol. The van der Waals surface area contributed by atoms with Crippen LogP contribution in [0.5, 0.6) is 0 Å². The Morgan fingerprint density at radius 3 is 2.86 bits per heavy atom. The molecule has 1 aromatic rings. The molecule has 1 atom stereocenters. The summed E-state index contributed by atoms with van der Waals surface area (Å²) in [5.74, 6) is 0.931. The quantitative estimate of drug-likeness (QED) is 0.815. The summed E-state index contributed by atoms with van der Waals surface area (Å²) in [4.78, 5) is 11.9. The lowest BCUT2D eigenvalue weighted by Crippen LogP contribution is -2.36. The zero-order chi connectivity index (χ0) is 15.1. The third kappa shape index (κ3) is 4.40. The minimum Gasteiger partial charge on any atom is -0.338 e. The van der Waals surface area contributed by atoms with Crippen molar-refractivity contribution in [3.63, 3.8) is 0 Å². The van der Waals surface area contributed by atoms with E-state index in [1.54, 1.807) is 0 Å². The van der Waals surface area contributed by atoms with Crippen LogP contribution in [0.4, 0.5) is 5.95 Å². The molecule has 21 heavy (non-hydrogen) atoms. The molecule has 2 rings (SSSR count).